The van der Waals surface area contributed by atoms with Crippen LogP contribution < -0.4 is 14.8 Å². The van der Waals surface area contributed by atoms with E-state index in [1.54, 1.807) is 18.2 Å². The maximum Gasteiger partial charge on any atom is 0.251 e. The van der Waals surface area contributed by atoms with Gasteiger partial charge in [0, 0.05) is 12.1 Å². The van der Waals surface area contributed by atoms with Crippen LogP contribution in [0.4, 0.5) is 0 Å². The Bertz CT molecular complexity index is 446. The largest absolute Gasteiger partial charge is 0.493 e. The fraction of sp³-hybridized carbons (Fsp3) is 0.308. The van der Waals surface area contributed by atoms with Gasteiger partial charge < -0.3 is 14.8 Å². The van der Waals surface area contributed by atoms with Crippen molar-refractivity contribution < 1.29 is 14.3 Å². The molecule has 0 unspecified atom stereocenters. The van der Waals surface area contributed by atoms with E-state index >= 15 is 0 Å². The average Bonchev–Trinajstić information content (AvgIpc) is 2.38. The molecule has 18 heavy (non-hydrogen) atoms. The highest BCUT2D eigenvalue weighted by molar-refractivity contribution is 6.32. The van der Waals surface area contributed by atoms with Crippen LogP contribution in [0.2, 0.25) is 5.02 Å². The molecule has 1 rings (SSSR count). The molecule has 4 nitrogen and oxygen atoms in total. The Hall–Kier alpha value is -1.68. The molecule has 1 aromatic rings. The topological polar surface area (TPSA) is 47.6 Å². The van der Waals surface area contributed by atoms with Gasteiger partial charge in [-0.3, -0.25) is 4.79 Å². The highest BCUT2D eigenvalue weighted by Gasteiger charge is 2.15. The summed E-state index contributed by atoms with van der Waals surface area (Å²) in [7, 11) is 1.50. The van der Waals surface area contributed by atoms with Crippen LogP contribution in [0.1, 0.15) is 17.3 Å². The van der Waals surface area contributed by atoms with E-state index in [-0.39, 0.29) is 5.91 Å². The van der Waals surface area contributed by atoms with E-state index in [0.717, 1.165) is 0 Å². The molecule has 98 valence electrons. The number of hydrogen-bond donors (Lipinski definition) is 1. The van der Waals surface area contributed by atoms with E-state index in [4.69, 9.17) is 21.1 Å². The standard InChI is InChI=1S/C13H16ClNO3/c1-4-6-15-13(16)9-7-10(14)12(18-5-2)11(8-9)17-3/h4,7-8H,1,5-6H2,2-3H3,(H,15,16). The molecule has 0 bridgehead atoms. The minimum absolute atomic E-state index is 0.238. The SMILES string of the molecule is C=CCNC(=O)c1cc(Cl)c(OCC)c(OC)c1. The molecular formula is C13H16ClNO3. The Morgan fingerprint density at radius 3 is 2.83 bits per heavy atom. The molecule has 1 N–H and O–H groups in total. The van der Waals surface area contributed by atoms with E-state index < -0.39 is 0 Å². The van der Waals surface area contributed by atoms with Crippen molar-refractivity contribution in [3.8, 4) is 11.5 Å². The van der Waals surface area contributed by atoms with Crippen molar-refractivity contribution in [2.24, 2.45) is 0 Å². The van der Waals surface area contributed by atoms with Crippen LogP contribution in [0.25, 0.3) is 0 Å². The number of amides is 1. The summed E-state index contributed by atoms with van der Waals surface area (Å²) in [6.45, 7) is 6.24. The Balaban J connectivity index is 3.05. The van der Waals surface area contributed by atoms with Crippen molar-refractivity contribution >= 4 is 17.5 Å². The van der Waals surface area contributed by atoms with Gasteiger partial charge in [-0.2, -0.15) is 0 Å². The predicted octanol–water partition coefficient (Wildman–Crippen LogP) is 2.66. The molecule has 0 spiro atoms. The number of carbonyl (C=O) groups excluding carboxylic acids is 1. The van der Waals surface area contributed by atoms with Gasteiger partial charge in [-0.1, -0.05) is 17.7 Å². The van der Waals surface area contributed by atoms with Crippen LogP contribution in [0, 0.1) is 0 Å². The zero-order chi connectivity index (χ0) is 13.5. The first kappa shape index (κ1) is 14.4. The van der Waals surface area contributed by atoms with Crippen LogP contribution in [-0.2, 0) is 0 Å². The third-order valence-electron chi connectivity index (χ3n) is 2.19. The van der Waals surface area contributed by atoms with Gasteiger partial charge in [0.05, 0.1) is 18.7 Å². The summed E-state index contributed by atoms with van der Waals surface area (Å²) >= 11 is 6.07. The molecule has 0 aliphatic carbocycles. The maximum absolute atomic E-state index is 11.8. The Labute approximate surface area is 112 Å². The molecule has 5 heteroatoms. The number of hydrogen-bond acceptors (Lipinski definition) is 3. The highest BCUT2D eigenvalue weighted by atomic mass is 35.5. The number of rotatable bonds is 6. The van der Waals surface area contributed by atoms with Crippen LogP contribution in [0.3, 0.4) is 0 Å². The van der Waals surface area contributed by atoms with E-state index in [1.165, 1.54) is 7.11 Å². The first-order valence-corrected chi connectivity index (χ1v) is 5.91. The van der Waals surface area contributed by atoms with E-state index in [9.17, 15) is 4.79 Å². The first-order chi connectivity index (χ1) is 8.63. The number of benzene rings is 1. The van der Waals surface area contributed by atoms with Crippen molar-refractivity contribution in [3.63, 3.8) is 0 Å². The number of ether oxygens (including phenoxy) is 2. The van der Waals surface area contributed by atoms with Gasteiger partial charge in [0.2, 0.25) is 0 Å². The van der Waals surface area contributed by atoms with Crippen molar-refractivity contribution in [1.29, 1.82) is 0 Å². The monoisotopic (exact) mass is 269 g/mol. The Kier molecular flexibility index (Phi) is 5.52. The van der Waals surface area contributed by atoms with Crippen LogP contribution >= 0.6 is 11.6 Å². The molecule has 0 aliphatic heterocycles. The summed E-state index contributed by atoms with van der Waals surface area (Å²) in [6, 6.07) is 3.14. The molecule has 0 aliphatic rings. The van der Waals surface area contributed by atoms with Gasteiger partial charge in [0.25, 0.3) is 5.91 Å². The average molecular weight is 270 g/mol. The zero-order valence-corrected chi connectivity index (χ0v) is 11.2. The second-order valence-electron chi connectivity index (χ2n) is 3.42. The van der Waals surface area contributed by atoms with Gasteiger partial charge in [-0.05, 0) is 19.1 Å². The van der Waals surface area contributed by atoms with Gasteiger partial charge in [0.15, 0.2) is 11.5 Å². The van der Waals surface area contributed by atoms with Crippen LogP contribution in [0.5, 0.6) is 11.5 Å². The lowest BCUT2D eigenvalue weighted by atomic mass is 10.2. The van der Waals surface area contributed by atoms with Crippen LogP contribution in [0.15, 0.2) is 24.8 Å². The van der Waals surface area contributed by atoms with Crippen molar-refractivity contribution in [2.75, 3.05) is 20.3 Å². The van der Waals surface area contributed by atoms with E-state index in [1.807, 2.05) is 6.92 Å². The molecule has 1 aromatic carbocycles. The smallest absolute Gasteiger partial charge is 0.251 e. The van der Waals surface area contributed by atoms with E-state index in [0.29, 0.717) is 35.2 Å². The minimum atomic E-state index is -0.238. The van der Waals surface area contributed by atoms with Crippen LogP contribution in [-0.4, -0.2) is 26.2 Å². The lowest BCUT2D eigenvalue weighted by Gasteiger charge is -2.12. The molecule has 0 heterocycles. The summed E-state index contributed by atoms with van der Waals surface area (Å²) in [5.74, 6) is 0.646. The molecule has 0 aromatic heterocycles. The fourth-order valence-electron chi connectivity index (χ4n) is 1.40. The highest BCUT2D eigenvalue weighted by Crippen LogP contribution is 2.36. The van der Waals surface area contributed by atoms with Crippen molar-refractivity contribution in [2.45, 2.75) is 6.92 Å². The molecular weight excluding hydrogens is 254 g/mol. The normalized spacial score (nSPS) is 9.72. The summed E-state index contributed by atoms with van der Waals surface area (Å²) in [5, 5.41) is 3.01. The summed E-state index contributed by atoms with van der Waals surface area (Å²) in [5.41, 5.74) is 0.419. The fourth-order valence-corrected chi connectivity index (χ4v) is 1.67. The summed E-state index contributed by atoms with van der Waals surface area (Å²) < 4.78 is 10.5. The van der Waals surface area contributed by atoms with E-state index in [2.05, 4.69) is 11.9 Å². The lowest BCUT2D eigenvalue weighted by Crippen LogP contribution is -2.23. The number of halogens is 1. The number of nitrogens with one attached hydrogen (secondary N) is 1. The Morgan fingerprint density at radius 2 is 2.28 bits per heavy atom. The Morgan fingerprint density at radius 1 is 1.56 bits per heavy atom. The van der Waals surface area contributed by atoms with Gasteiger partial charge in [-0.25, -0.2) is 0 Å². The summed E-state index contributed by atoms with van der Waals surface area (Å²) in [4.78, 5) is 11.8. The van der Waals surface area contributed by atoms with Gasteiger partial charge >= 0.3 is 0 Å². The molecule has 1 amide bonds. The second kappa shape index (κ2) is 6.91. The van der Waals surface area contributed by atoms with Crippen molar-refractivity contribution in [3.05, 3.63) is 35.4 Å². The third kappa shape index (κ3) is 3.40. The summed E-state index contributed by atoms with van der Waals surface area (Å²) in [6.07, 6.45) is 1.60. The molecule has 0 atom stereocenters. The third-order valence-corrected chi connectivity index (χ3v) is 2.47. The molecule has 0 radical (unpaired) electrons. The van der Waals surface area contributed by atoms with Gasteiger partial charge in [-0.15, -0.1) is 6.58 Å². The zero-order valence-electron chi connectivity index (χ0n) is 10.5. The second-order valence-corrected chi connectivity index (χ2v) is 3.83. The molecule has 0 saturated heterocycles. The first-order valence-electron chi connectivity index (χ1n) is 5.53. The number of methoxy groups -OCH3 is 1. The number of carbonyl (C=O) groups is 1. The maximum atomic E-state index is 11.8. The molecule has 0 fully saturated rings. The minimum Gasteiger partial charge on any atom is -0.493 e. The molecule has 0 saturated carbocycles. The van der Waals surface area contributed by atoms with Gasteiger partial charge in [0.1, 0.15) is 0 Å². The van der Waals surface area contributed by atoms with Crippen molar-refractivity contribution in [1.82, 2.24) is 5.32 Å². The predicted molar refractivity (Wildman–Crippen MR) is 71.7 cm³/mol. The lowest BCUT2D eigenvalue weighted by molar-refractivity contribution is 0.0957. The quantitative estimate of drug-likeness (QED) is 0.808.